The van der Waals surface area contributed by atoms with Gasteiger partial charge < -0.3 is 20.8 Å². The first-order valence-corrected chi connectivity index (χ1v) is 11.7. The van der Waals surface area contributed by atoms with Crippen molar-refractivity contribution in [1.29, 1.82) is 0 Å². The van der Waals surface area contributed by atoms with E-state index in [-0.39, 0.29) is 11.5 Å². The minimum atomic E-state index is -0.00707. The Bertz CT molecular complexity index is 704. The molecule has 166 valence electrons. The highest BCUT2D eigenvalue weighted by Crippen LogP contribution is 2.32. The fourth-order valence-electron chi connectivity index (χ4n) is 3.74. The molecule has 30 heavy (non-hydrogen) atoms. The van der Waals surface area contributed by atoms with Gasteiger partial charge in [0.15, 0.2) is 11.5 Å². The summed E-state index contributed by atoms with van der Waals surface area (Å²) in [6.07, 6.45) is 9.89. The summed E-state index contributed by atoms with van der Waals surface area (Å²) < 4.78 is 0. The van der Waals surface area contributed by atoms with Crippen LogP contribution in [0.2, 0.25) is 0 Å². The van der Waals surface area contributed by atoms with Crippen molar-refractivity contribution in [1.82, 2.24) is 10.6 Å². The largest absolute Gasteiger partial charge is 0.504 e. The summed E-state index contributed by atoms with van der Waals surface area (Å²) in [7, 11) is 0. The fraction of sp³-hybridized carbons (Fsp3) is 0.538. The van der Waals surface area contributed by atoms with Crippen LogP contribution in [0.4, 0.5) is 0 Å². The molecule has 2 rings (SSSR count). The molecule has 4 N–H and O–H groups in total. The molecule has 0 aliphatic carbocycles. The molecular weight excluding hydrogens is 372 g/mol. The van der Waals surface area contributed by atoms with E-state index in [1.54, 1.807) is 6.07 Å². The van der Waals surface area contributed by atoms with E-state index < -0.39 is 0 Å². The second-order valence-electron chi connectivity index (χ2n) is 8.07. The maximum Gasteiger partial charge on any atom is 0.160 e. The van der Waals surface area contributed by atoms with Crippen LogP contribution in [0.5, 0.6) is 11.5 Å². The molecule has 2 aromatic carbocycles. The third-order valence-corrected chi connectivity index (χ3v) is 5.60. The van der Waals surface area contributed by atoms with E-state index in [1.165, 1.54) is 31.2 Å². The monoisotopic (exact) mass is 412 g/mol. The molecule has 0 unspecified atom stereocenters. The minimum absolute atomic E-state index is 0.00707. The molecule has 2 aromatic rings. The van der Waals surface area contributed by atoms with Crippen LogP contribution in [0, 0.1) is 0 Å². The number of phenolic OH excluding ortho intramolecular Hbond substituents is 2. The van der Waals surface area contributed by atoms with Gasteiger partial charge in [0.05, 0.1) is 0 Å². The van der Waals surface area contributed by atoms with Gasteiger partial charge in [-0.2, -0.15) is 0 Å². The first kappa shape index (κ1) is 24.2. The van der Waals surface area contributed by atoms with Crippen molar-refractivity contribution < 1.29 is 10.2 Å². The van der Waals surface area contributed by atoms with Crippen molar-refractivity contribution in [2.45, 2.75) is 64.7 Å². The van der Waals surface area contributed by atoms with E-state index in [2.05, 4.69) is 47.9 Å². The van der Waals surface area contributed by atoms with Gasteiger partial charge in [0.2, 0.25) is 0 Å². The van der Waals surface area contributed by atoms with Crippen molar-refractivity contribution >= 4 is 0 Å². The zero-order valence-corrected chi connectivity index (χ0v) is 18.6. The van der Waals surface area contributed by atoms with E-state index in [9.17, 15) is 10.2 Å². The normalized spacial score (nSPS) is 11.1. The Balaban J connectivity index is 1.48. The average Bonchev–Trinajstić information content (AvgIpc) is 2.77. The molecule has 0 fully saturated rings. The van der Waals surface area contributed by atoms with Crippen LogP contribution in [0.3, 0.4) is 0 Å². The van der Waals surface area contributed by atoms with Crippen LogP contribution in [0.15, 0.2) is 42.5 Å². The molecule has 0 aliphatic heterocycles. The smallest absolute Gasteiger partial charge is 0.160 e. The van der Waals surface area contributed by atoms with Crippen LogP contribution in [-0.4, -0.2) is 36.4 Å². The Hall–Kier alpha value is -2.04. The first-order chi connectivity index (χ1) is 14.7. The number of rotatable bonds is 16. The van der Waals surface area contributed by atoms with E-state index >= 15 is 0 Å². The molecule has 4 heteroatoms. The lowest BCUT2D eigenvalue weighted by molar-refractivity contribution is 0.398. The highest BCUT2D eigenvalue weighted by atomic mass is 16.3. The van der Waals surface area contributed by atoms with Crippen molar-refractivity contribution in [3.8, 4) is 11.5 Å². The van der Waals surface area contributed by atoms with E-state index in [0.717, 1.165) is 69.4 Å². The van der Waals surface area contributed by atoms with Crippen LogP contribution < -0.4 is 10.6 Å². The van der Waals surface area contributed by atoms with Crippen molar-refractivity contribution in [3.63, 3.8) is 0 Å². The second kappa shape index (κ2) is 14.9. The Morgan fingerprint density at radius 1 is 0.667 bits per heavy atom. The second-order valence-corrected chi connectivity index (χ2v) is 8.07. The molecule has 0 saturated carbocycles. The lowest BCUT2D eigenvalue weighted by atomic mass is 9.98. The summed E-state index contributed by atoms with van der Waals surface area (Å²) in [4.78, 5) is 0. The van der Waals surface area contributed by atoms with Gasteiger partial charge in [0.25, 0.3) is 0 Å². The molecule has 0 atom stereocenters. The zero-order valence-electron chi connectivity index (χ0n) is 18.6. The topological polar surface area (TPSA) is 64.5 Å². The van der Waals surface area contributed by atoms with Crippen LogP contribution in [-0.2, 0) is 19.3 Å². The third-order valence-electron chi connectivity index (χ3n) is 5.60. The van der Waals surface area contributed by atoms with Crippen molar-refractivity contribution in [2.75, 3.05) is 26.2 Å². The summed E-state index contributed by atoms with van der Waals surface area (Å²) in [5.41, 5.74) is 3.46. The lowest BCUT2D eigenvalue weighted by Crippen LogP contribution is -2.20. The van der Waals surface area contributed by atoms with Crippen LogP contribution in [0.1, 0.15) is 62.1 Å². The third kappa shape index (κ3) is 9.19. The van der Waals surface area contributed by atoms with Crippen LogP contribution in [0.25, 0.3) is 0 Å². The van der Waals surface area contributed by atoms with E-state index in [0.29, 0.717) is 0 Å². The molecule has 0 bridgehead atoms. The Morgan fingerprint density at radius 3 is 2.00 bits per heavy atom. The summed E-state index contributed by atoms with van der Waals surface area (Å²) in [5.74, 6) is 0.0608. The minimum Gasteiger partial charge on any atom is -0.504 e. The highest BCUT2D eigenvalue weighted by molar-refractivity contribution is 5.49. The summed E-state index contributed by atoms with van der Waals surface area (Å²) in [6, 6.07) is 14.2. The summed E-state index contributed by atoms with van der Waals surface area (Å²) in [5, 5.41) is 27.0. The summed E-state index contributed by atoms with van der Waals surface area (Å²) in [6.45, 7) is 6.24. The molecule has 0 radical (unpaired) electrons. The molecule has 0 saturated heterocycles. The first-order valence-electron chi connectivity index (χ1n) is 11.7. The number of aromatic hydroxyl groups is 2. The van der Waals surface area contributed by atoms with Gasteiger partial charge in [-0.3, -0.25) is 0 Å². The van der Waals surface area contributed by atoms with E-state index in [1.807, 2.05) is 6.07 Å². The van der Waals surface area contributed by atoms with Gasteiger partial charge >= 0.3 is 0 Å². The predicted octanol–water partition coefficient (Wildman–Crippen LogP) is 4.97. The molecule has 0 heterocycles. The summed E-state index contributed by atoms with van der Waals surface area (Å²) >= 11 is 0. The average molecular weight is 413 g/mol. The van der Waals surface area contributed by atoms with Gasteiger partial charge in [0, 0.05) is 5.56 Å². The van der Waals surface area contributed by atoms with E-state index in [4.69, 9.17) is 0 Å². The lowest BCUT2D eigenvalue weighted by Gasteiger charge is -2.13. The molecule has 0 amide bonds. The molecule has 0 aromatic heterocycles. The fourth-order valence-corrected chi connectivity index (χ4v) is 3.74. The van der Waals surface area contributed by atoms with Gasteiger partial charge in [-0.15, -0.1) is 0 Å². The number of unbranched alkanes of at least 4 members (excludes halogenated alkanes) is 4. The van der Waals surface area contributed by atoms with Crippen LogP contribution >= 0.6 is 0 Å². The number of hydrogen-bond acceptors (Lipinski definition) is 4. The zero-order chi connectivity index (χ0) is 21.4. The van der Waals surface area contributed by atoms with Gasteiger partial charge in [0.1, 0.15) is 0 Å². The highest BCUT2D eigenvalue weighted by Gasteiger charge is 2.11. The maximum atomic E-state index is 10.2. The number of benzene rings is 2. The standard InChI is InChI=1S/C26H40N2O2/c1-2-3-13-24-23(14-15-25(29)26(24)30)17-21-28-19-10-5-4-9-18-27-20-16-22-11-7-6-8-12-22/h6-8,11-12,14-15,27-30H,2-5,9-10,13,16-21H2,1H3. The predicted molar refractivity (Wildman–Crippen MR) is 126 cm³/mol. The SMILES string of the molecule is CCCCc1c(CCNCCCCCCNCCc2ccccc2)ccc(O)c1O. The van der Waals surface area contributed by atoms with Crippen molar-refractivity contribution in [2.24, 2.45) is 0 Å². The molecule has 0 spiro atoms. The number of nitrogens with one attached hydrogen (secondary N) is 2. The van der Waals surface area contributed by atoms with Gasteiger partial charge in [-0.25, -0.2) is 0 Å². The molecule has 0 aliphatic rings. The Morgan fingerprint density at radius 2 is 1.33 bits per heavy atom. The quantitative estimate of drug-likeness (QED) is 0.232. The molecular formula is C26H40N2O2. The van der Waals surface area contributed by atoms with Crippen molar-refractivity contribution in [3.05, 3.63) is 59.2 Å². The Labute approximate surface area is 182 Å². The van der Waals surface area contributed by atoms with Gasteiger partial charge in [-0.05, 0) is 81.9 Å². The number of phenols is 2. The molecule has 4 nitrogen and oxygen atoms in total. The number of hydrogen-bond donors (Lipinski definition) is 4. The Kier molecular flexibility index (Phi) is 12.0. The maximum absolute atomic E-state index is 10.2. The van der Waals surface area contributed by atoms with Gasteiger partial charge in [-0.1, -0.05) is 62.6 Å².